The van der Waals surface area contributed by atoms with Gasteiger partial charge in [0.1, 0.15) is 5.71 Å². The van der Waals surface area contributed by atoms with Gasteiger partial charge in [-0.2, -0.15) is 5.10 Å². The van der Waals surface area contributed by atoms with E-state index in [1.54, 1.807) is 0 Å². The van der Waals surface area contributed by atoms with Gasteiger partial charge in [-0.1, -0.05) is 29.8 Å². The Morgan fingerprint density at radius 3 is 1.96 bits per heavy atom. The van der Waals surface area contributed by atoms with Gasteiger partial charge in [0, 0.05) is 17.0 Å². The first-order chi connectivity index (χ1) is 12.9. The number of rotatable bonds is 4. The van der Waals surface area contributed by atoms with Crippen molar-refractivity contribution < 1.29 is 4.79 Å². The molecule has 0 saturated heterocycles. The van der Waals surface area contributed by atoms with Crippen LogP contribution in [0.4, 0.5) is 0 Å². The molecular weight excluding hydrogens is 336 g/mol. The second-order valence-electron chi connectivity index (χ2n) is 6.55. The summed E-state index contributed by atoms with van der Waals surface area (Å²) in [7, 11) is 0. The van der Waals surface area contributed by atoms with Gasteiger partial charge in [0.05, 0.1) is 11.4 Å². The lowest BCUT2D eigenvalue weighted by Gasteiger charge is -2.09. The van der Waals surface area contributed by atoms with E-state index in [1.165, 1.54) is 0 Å². The fourth-order valence-corrected chi connectivity index (χ4v) is 2.83. The molecule has 0 saturated carbocycles. The summed E-state index contributed by atoms with van der Waals surface area (Å²) in [6.45, 7) is 7.74. The molecule has 0 fully saturated rings. The van der Waals surface area contributed by atoms with E-state index in [0.717, 1.165) is 22.5 Å². The number of aromatic nitrogens is 2. The number of hydrogen-bond donors (Lipinski definition) is 1. The number of benzene rings is 1. The molecule has 2 heterocycles. The van der Waals surface area contributed by atoms with Crippen LogP contribution in [0.5, 0.6) is 0 Å². The van der Waals surface area contributed by atoms with Crippen molar-refractivity contribution in [3.63, 3.8) is 0 Å². The molecule has 5 nitrogen and oxygen atoms in total. The van der Waals surface area contributed by atoms with Crippen LogP contribution in [0.2, 0.25) is 0 Å². The van der Waals surface area contributed by atoms with Gasteiger partial charge in [0.2, 0.25) is 0 Å². The Hall–Kier alpha value is -3.34. The Bertz CT molecular complexity index is 977. The normalized spacial score (nSPS) is 10.4. The van der Waals surface area contributed by atoms with Gasteiger partial charge in [0.15, 0.2) is 0 Å². The topological polar surface area (TPSA) is 67.2 Å². The van der Waals surface area contributed by atoms with Crippen molar-refractivity contribution in [2.75, 3.05) is 0 Å². The highest BCUT2D eigenvalue weighted by Crippen LogP contribution is 2.12. The highest BCUT2D eigenvalue weighted by atomic mass is 16.2. The van der Waals surface area contributed by atoms with Gasteiger partial charge < -0.3 is 0 Å². The smallest absolute Gasteiger partial charge is 0.267 e. The molecule has 0 atom stereocenters. The zero-order valence-corrected chi connectivity index (χ0v) is 15.9. The molecule has 2 aromatic heterocycles. The molecule has 3 aromatic rings. The van der Waals surface area contributed by atoms with Crippen LogP contribution >= 0.6 is 0 Å². The summed E-state index contributed by atoms with van der Waals surface area (Å²) in [5, 5.41) is 4.38. The summed E-state index contributed by atoms with van der Waals surface area (Å²) in [5.41, 5.74) is 8.87. The quantitative estimate of drug-likeness (QED) is 0.568. The molecule has 27 heavy (non-hydrogen) atoms. The molecule has 0 aliphatic rings. The number of amides is 1. The maximum atomic E-state index is 12.6. The van der Waals surface area contributed by atoms with Crippen molar-refractivity contribution in [3.05, 3.63) is 94.1 Å². The van der Waals surface area contributed by atoms with E-state index in [-0.39, 0.29) is 5.91 Å². The molecule has 3 rings (SSSR count). The Kier molecular flexibility index (Phi) is 5.41. The lowest BCUT2D eigenvalue weighted by molar-refractivity contribution is 0.0954. The second-order valence-corrected chi connectivity index (χ2v) is 6.55. The second kappa shape index (κ2) is 7.91. The van der Waals surface area contributed by atoms with Gasteiger partial charge in [-0.25, -0.2) is 5.43 Å². The highest BCUT2D eigenvalue weighted by molar-refractivity contribution is 6.11. The fourth-order valence-electron chi connectivity index (χ4n) is 2.83. The maximum Gasteiger partial charge on any atom is 0.271 e. The van der Waals surface area contributed by atoms with E-state index in [4.69, 9.17) is 0 Å². The maximum absolute atomic E-state index is 12.6. The van der Waals surface area contributed by atoms with E-state index in [2.05, 4.69) is 20.5 Å². The largest absolute Gasteiger partial charge is 0.271 e. The van der Waals surface area contributed by atoms with Crippen LogP contribution in [0.25, 0.3) is 0 Å². The van der Waals surface area contributed by atoms with Crippen molar-refractivity contribution in [1.29, 1.82) is 0 Å². The molecule has 136 valence electrons. The minimum Gasteiger partial charge on any atom is -0.267 e. The number of carbonyl (C=O) groups is 1. The van der Waals surface area contributed by atoms with E-state index < -0.39 is 0 Å². The number of carbonyl (C=O) groups excluding carboxylic acids is 1. The average molecular weight is 358 g/mol. The zero-order valence-electron chi connectivity index (χ0n) is 15.9. The van der Waals surface area contributed by atoms with Gasteiger partial charge >= 0.3 is 0 Å². The first-order valence-electron chi connectivity index (χ1n) is 8.77. The predicted molar refractivity (Wildman–Crippen MR) is 107 cm³/mol. The monoisotopic (exact) mass is 358 g/mol. The molecule has 1 amide bonds. The van der Waals surface area contributed by atoms with Crippen LogP contribution in [0.1, 0.15) is 44.3 Å². The standard InChI is InChI=1S/C22H22N4O/c1-14-11-12-18(15(2)13-14)22(27)26-25-21(19-9-5-7-16(3)23-19)20-10-6-8-17(4)24-20/h5-13H,1-4H3,(H,26,27). The fraction of sp³-hybridized carbons (Fsp3) is 0.182. The van der Waals surface area contributed by atoms with Crippen molar-refractivity contribution in [2.24, 2.45) is 5.10 Å². The van der Waals surface area contributed by atoms with Crippen molar-refractivity contribution >= 4 is 11.6 Å². The number of nitrogens with zero attached hydrogens (tertiary/aromatic N) is 3. The average Bonchev–Trinajstić information content (AvgIpc) is 2.62. The van der Waals surface area contributed by atoms with E-state index >= 15 is 0 Å². The van der Waals surface area contributed by atoms with Gasteiger partial charge in [0.25, 0.3) is 5.91 Å². The Morgan fingerprint density at radius 1 is 0.852 bits per heavy atom. The summed E-state index contributed by atoms with van der Waals surface area (Å²) in [6, 6.07) is 17.1. The van der Waals surface area contributed by atoms with Gasteiger partial charge in [-0.3, -0.25) is 14.8 Å². The van der Waals surface area contributed by atoms with Gasteiger partial charge in [-0.05, 0) is 63.6 Å². The van der Waals surface area contributed by atoms with E-state index in [0.29, 0.717) is 22.7 Å². The van der Waals surface area contributed by atoms with Crippen LogP contribution in [-0.2, 0) is 0 Å². The first-order valence-corrected chi connectivity index (χ1v) is 8.77. The van der Waals surface area contributed by atoms with Crippen LogP contribution in [-0.4, -0.2) is 21.6 Å². The number of hydrazone groups is 1. The van der Waals surface area contributed by atoms with Crippen molar-refractivity contribution in [1.82, 2.24) is 15.4 Å². The molecule has 1 N–H and O–H groups in total. The Morgan fingerprint density at radius 2 is 1.44 bits per heavy atom. The molecule has 0 spiro atoms. The molecular formula is C22H22N4O. The van der Waals surface area contributed by atoms with Crippen LogP contribution in [0, 0.1) is 27.7 Å². The Labute approximate surface area is 159 Å². The third-order valence-electron chi connectivity index (χ3n) is 4.16. The number of hydrogen-bond acceptors (Lipinski definition) is 4. The number of aryl methyl sites for hydroxylation is 4. The molecule has 0 radical (unpaired) electrons. The highest BCUT2D eigenvalue weighted by Gasteiger charge is 2.13. The SMILES string of the molecule is Cc1ccc(C(=O)NN=C(c2cccc(C)n2)c2cccc(C)n2)c(C)c1. The third-order valence-corrected chi connectivity index (χ3v) is 4.16. The molecule has 0 aliphatic carbocycles. The zero-order chi connectivity index (χ0) is 19.4. The third kappa shape index (κ3) is 4.44. The lowest BCUT2D eigenvalue weighted by Crippen LogP contribution is -2.22. The van der Waals surface area contributed by atoms with Crippen LogP contribution in [0.3, 0.4) is 0 Å². The summed E-state index contributed by atoms with van der Waals surface area (Å²) < 4.78 is 0. The summed E-state index contributed by atoms with van der Waals surface area (Å²) in [4.78, 5) is 21.7. The van der Waals surface area contributed by atoms with E-state index in [9.17, 15) is 4.79 Å². The number of pyridine rings is 2. The first kappa shape index (κ1) is 18.5. The van der Waals surface area contributed by atoms with Crippen LogP contribution in [0.15, 0.2) is 59.7 Å². The minimum absolute atomic E-state index is 0.259. The van der Waals surface area contributed by atoms with Crippen molar-refractivity contribution in [2.45, 2.75) is 27.7 Å². The minimum atomic E-state index is -0.259. The summed E-state index contributed by atoms with van der Waals surface area (Å²) >= 11 is 0. The van der Waals surface area contributed by atoms with Gasteiger partial charge in [-0.15, -0.1) is 0 Å². The lowest BCUT2D eigenvalue weighted by atomic mass is 10.1. The van der Waals surface area contributed by atoms with Crippen LogP contribution < -0.4 is 5.43 Å². The van der Waals surface area contributed by atoms with E-state index in [1.807, 2.05) is 82.3 Å². The van der Waals surface area contributed by atoms with Crippen molar-refractivity contribution in [3.8, 4) is 0 Å². The Balaban J connectivity index is 1.98. The molecule has 5 heteroatoms. The summed E-state index contributed by atoms with van der Waals surface area (Å²) in [5.74, 6) is -0.259. The predicted octanol–water partition coefficient (Wildman–Crippen LogP) is 3.89. The molecule has 0 unspecified atom stereocenters. The summed E-state index contributed by atoms with van der Waals surface area (Å²) in [6.07, 6.45) is 0. The molecule has 0 aliphatic heterocycles. The molecule has 1 aromatic carbocycles. The molecule has 0 bridgehead atoms. The number of nitrogens with one attached hydrogen (secondary N) is 1.